The van der Waals surface area contributed by atoms with Gasteiger partial charge in [-0.1, -0.05) is 12.1 Å². The number of fused-ring (bicyclic) bond motifs is 1. The summed E-state index contributed by atoms with van der Waals surface area (Å²) in [4.78, 5) is 27.7. The van der Waals surface area contributed by atoms with Crippen molar-refractivity contribution in [2.24, 2.45) is 4.99 Å². The average Bonchev–Trinajstić information content (AvgIpc) is 3.25. The topological polar surface area (TPSA) is 123 Å². The Morgan fingerprint density at radius 1 is 1.33 bits per heavy atom. The molecule has 1 aromatic carbocycles. The van der Waals surface area contributed by atoms with Gasteiger partial charge in [0, 0.05) is 18.7 Å². The zero-order valence-electron chi connectivity index (χ0n) is 14.6. The molecule has 0 spiro atoms. The molecule has 0 radical (unpaired) electrons. The maximum atomic E-state index is 12.0. The molecule has 0 saturated carbocycles. The Bertz CT molecular complexity index is 846. The third kappa shape index (κ3) is 5.04. The van der Waals surface area contributed by atoms with Gasteiger partial charge in [0.15, 0.2) is 6.61 Å². The van der Waals surface area contributed by atoms with Gasteiger partial charge in [-0.25, -0.2) is 8.42 Å². The van der Waals surface area contributed by atoms with Crippen LogP contribution in [0, 0.1) is 0 Å². The molecule has 0 aliphatic carbocycles. The van der Waals surface area contributed by atoms with Crippen LogP contribution in [0.3, 0.4) is 0 Å². The van der Waals surface area contributed by atoms with Crippen molar-refractivity contribution in [3.63, 3.8) is 0 Å². The normalized spacial score (nSPS) is 21.5. The van der Waals surface area contributed by atoms with E-state index >= 15 is 0 Å². The summed E-state index contributed by atoms with van der Waals surface area (Å²) < 4.78 is 36.6. The molecule has 146 valence electrons. The molecule has 9 nitrogen and oxygen atoms in total. The van der Waals surface area contributed by atoms with Crippen molar-refractivity contribution >= 4 is 27.7 Å². The SMILES string of the molecule is O=C(COC(=O)CCN=C1NS(=O)(=O)c2ccccc21)NC[C@@H]1CCCO1. The van der Waals surface area contributed by atoms with Crippen molar-refractivity contribution in [2.75, 3.05) is 26.3 Å². The first-order valence-electron chi connectivity index (χ1n) is 8.66. The number of amidine groups is 1. The number of sulfonamides is 1. The van der Waals surface area contributed by atoms with Gasteiger partial charge in [0.05, 0.1) is 24.0 Å². The molecule has 0 unspecified atom stereocenters. The van der Waals surface area contributed by atoms with E-state index in [2.05, 4.69) is 15.0 Å². The van der Waals surface area contributed by atoms with Gasteiger partial charge in [0.25, 0.3) is 15.9 Å². The lowest BCUT2D eigenvalue weighted by molar-refractivity contribution is -0.148. The summed E-state index contributed by atoms with van der Waals surface area (Å²) in [5.74, 6) is -0.767. The second-order valence-electron chi connectivity index (χ2n) is 6.18. The lowest BCUT2D eigenvalue weighted by Crippen LogP contribution is -2.34. The summed E-state index contributed by atoms with van der Waals surface area (Å²) in [6.07, 6.45) is 1.86. The van der Waals surface area contributed by atoms with E-state index in [4.69, 9.17) is 9.47 Å². The van der Waals surface area contributed by atoms with Crippen LogP contribution in [0.4, 0.5) is 0 Å². The van der Waals surface area contributed by atoms with Gasteiger partial charge >= 0.3 is 5.97 Å². The molecule has 1 aromatic rings. The number of nitrogens with zero attached hydrogens (tertiary/aromatic N) is 1. The largest absolute Gasteiger partial charge is 0.456 e. The van der Waals surface area contributed by atoms with Crippen LogP contribution in [0.5, 0.6) is 0 Å². The fourth-order valence-electron chi connectivity index (χ4n) is 2.81. The molecule has 1 fully saturated rings. The van der Waals surface area contributed by atoms with Gasteiger partial charge in [-0.2, -0.15) is 0 Å². The number of aliphatic imine (C=N–C) groups is 1. The number of benzene rings is 1. The van der Waals surface area contributed by atoms with E-state index in [0.29, 0.717) is 18.7 Å². The molecule has 1 amide bonds. The molecule has 2 aliphatic rings. The Morgan fingerprint density at radius 2 is 2.15 bits per heavy atom. The standard InChI is InChI=1S/C17H21N3O6S/c21-15(19-10-12-4-3-9-25-12)11-26-16(22)7-8-18-17-13-5-1-2-6-14(13)27(23,24)20-17/h1-2,5-6,12H,3-4,7-11H2,(H,18,20)(H,19,21)/t12-/m0/s1. The monoisotopic (exact) mass is 395 g/mol. The zero-order valence-corrected chi connectivity index (χ0v) is 15.5. The van der Waals surface area contributed by atoms with E-state index in [-0.39, 0.29) is 42.3 Å². The predicted octanol–water partition coefficient (Wildman–Crippen LogP) is -0.0464. The Morgan fingerprint density at radius 3 is 2.93 bits per heavy atom. The van der Waals surface area contributed by atoms with Crippen LogP contribution in [-0.4, -0.2) is 58.5 Å². The van der Waals surface area contributed by atoms with E-state index in [1.165, 1.54) is 6.07 Å². The molecule has 2 heterocycles. The van der Waals surface area contributed by atoms with E-state index < -0.39 is 16.0 Å². The minimum Gasteiger partial charge on any atom is -0.456 e. The predicted molar refractivity (Wildman–Crippen MR) is 95.7 cm³/mol. The summed E-state index contributed by atoms with van der Waals surface area (Å²) >= 11 is 0. The van der Waals surface area contributed by atoms with Crippen LogP contribution in [0.15, 0.2) is 34.2 Å². The summed E-state index contributed by atoms with van der Waals surface area (Å²) in [5.41, 5.74) is 0.472. The number of carbonyl (C=O) groups excluding carboxylic acids is 2. The van der Waals surface area contributed by atoms with E-state index in [9.17, 15) is 18.0 Å². The van der Waals surface area contributed by atoms with Crippen LogP contribution in [-0.2, 0) is 29.1 Å². The van der Waals surface area contributed by atoms with Crippen molar-refractivity contribution in [3.8, 4) is 0 Å². The van der Waals surface area contributed by atoms with Crippen LogP contribution in [0.2, 0.25) is 0 Å². The highest BCUT2D eigenvalue weighted by Crippen LogP contribution is 2.22. The third-order valence-electron chi connectivity index (χ3n) is 4.16. The fourth-order valence-corrected chi connectivity index (χ4v) is 4.06. The molecular formula is C17H21N3O6S. The molecular weight excluding hydrogens is 374 g/mol. The van der Waals surface area contributed by atoms with Gasteiger partial charge in [-0.15, -0.1) is 0 Å². The van der Waals surface area contributed by atoms with E-state index in [1.54, 1.807) is 18.2 Å². The number of amides is 1. The van der Waals surface area contributed by atoms with E-state index in [0.717, 1.165) is 12.8 Å². The minimum atomic E-state index is -3.60. The third-order valence-corrected chi connectivity index (χ3v) is 5.56. The Kier molecular flexibility index (Phi) is 6.07. The number of nitrogens with one attached hydrogen (secondary N) is 2. The van der Waals surface area contributed by atoms with Crippen LogP contribution < -0.4 is 10.0 Å². The lowest BCUT2D eigenvalue weighted by Gasteiger charge is -2.10. The lowest BCUT2D eigenvalue weighted by atomic mass is 10.2. The minimum absolute atomic E-state index is 0.0264. The van der Waals surface area contributed by atoms with Crippen LogP contribution >= 0.6 is 0 Å². The second-order valence-corrected chi connectivity index (χ2v) is 7.83. The Hall–Kier alpha value is -2.46. The molecule has 27 heavy (non-hydrogen) atoms. The maximum Gasteiger partial charge on any atom is 0.308 e. The second kappa shape index (κ2) is 8.49. The smallest absolute Gasteiger partial charge is 0.308 e. The molecule has 1 saturated heterocycles. The molecule has 10 heteroatoms. The highest BCUT2D eigenvalue weighted by atomic mass is 32.2. The van der Waals surface area contributed by atoms with Gasteiger partial charge in [0.1, 0.15) is 5.84 Å². The number of carbonyl (C=O) groups is 2. The number of hydrogen-bond donors (Lipinski definition) is 2. The summed E-state index contributed by atoms with van der Waals surface area (Å²) in [6.45, 7) is 0.794. The van der Waals surface area contributed by atoms with Gasteiger partial charge < -0.3 is 14.8 Å². The quantitative estimate of drug-likeness (QED) is 0.624. The summed E-state index contributed by atoms with van der Waals surface area (Å²) in [5, 5.41) is 2.66. The first-order chi connectivity index (χ1) is 13.0. The van der Waals surface area contributed by atoms with Crippen molar-refractivity contribution in [1.82, 2.24) is 10.0 Å². The highest BCUT2D eigenvalue weighted by molar-refractivity contribution is 7.90. The van der Waals surface area contributed by atoms with Gasteiger partial charge in [-0.3, -0.25) is 19.3 Å². The first-order valence-corrected chi connectivity index (χ1v) is 10.1. The van der Waals surface area contributed by atoms with Gasteiger partial charge in [0.2, 0.25) is 0 Å². The Labute approximate surface area is 157 Å². The molecule has 2 N–H and O–H groups in total. The summed E-state index contributed by atoms with van der Waals surface area (Å²) in [7, 11) is -3.60. The average molecular weight is 395 g/mol. The number of esters is 1. The maximum absolute atomic E-state index is 12.0. The number of hydrogen-bond acceptors (Lipinski definition) is 7. The van der Waals surface area contributed by atoms with Crippen molar-refractivity contribution < 1.29 is 27.5 Å². The van der Waals surface area contributed by atoms with E-state index in [1.807, 2.05) is 0 Å². The van der Waals surface area contributed by atoms with Crippen molar-refractivity contribution in [2.45, 2.75) is 30.3 Å². The fraction of sp³-hybridized carbons (Fsp3) is 0.471. The molecule has 3 rings (SSSR count). The molecule has 0 bridgehead atoms. The zero-order chi connectivity index (χ0) is 19.3. The highest BCUT2D eigenvalue weighted by Gasteiger charge is 2.30. The summed E-state index contributed by atoms with van der Waals surface area (Å²) in [6, 6.07) is 6.47. The molecule has 2 aliphatic heterocycles. The number of rotatable bonds is 7. The number of ether oxygens (including phenoxy) is 2. The Balaban J connectivity index is 1.41. The van der Waals surface area contributed by atoms with Crippen molar-refractivity contribution in [3.05, 3.63) is 29.8 Å². The molecule has 1 atom stereocenters. The van der Waals surface area contributed by atoms with Crippen LogP contribution in [0.1, 0.15) is 24.8 Å². The molecule has 0 aromatic heterocycles. The van der Waals surface area contributed by atoms with Crippen LogP contribution in [0.25, 0.3) is 0 Å². The van der Waals surface area contributed by atoms with Crippen molar-refractivity contribution in [1.29, 1.82) is 0 Å². The van der Waals surface area contributed by atoms with Gasteiger partial charge in [-0.05, 0) is 25.0 Å². The first kappa shape index (κ1) is 19.3.